The normalized spacial score (nSPS) is 32.7. The van der Waals surface area contributed by atoms with Crippen LogP contribution in [0.25, 0.3) is 0 Å². The van der Waals surface area contributed by atoms with Crippen molar-refractivity contribution < 1.29 is 89.8 Å². The van der Waals surface area contributed by atoms with Crippen LogP contribution in [0.2, 0.25) is 0 Å². The van der Waals surface area contributed by atoms with Crippen LogP contribution in [-0.4, -0.2) is 54.1 Å². The van der Waals surface area contributed by atoms with Crippen LogP contribution in [0.3, 0.4) is 0 Å². The summed E-state index contributed by atoms with van der Waals surface area (Å²) in [5.41, 5.74) is 0. The van der Waals surface area contributed by atoms with E-state index in [0.717, 1.165) is 32.1 Å². The Labute approximate surface area is 218 Å². The molecule has 3 fully saturated rings. The summed E-state index contributed by atoms with van der Waals surface area (Å²) in [5, 5.41) is 18.5. The summed E-state index contributed by atoms with van der Waals surface area (Å²) >= 11 is 0. The maximum Gasteiger partial charge on any atom is 1.00 e. The minimum Gasteiger partial charge on any atom is -0.748 e. The number of aliphatic hydroxyl groups excluding tert-OH is 1. The molecule has 9 nitrogen and oxygen atoms in total. The van der Waals surface area contributed by atoms with Gasteiger partial charge in [-0.05, 0) is 43.9 Å². The Morgan fingerprint density at radius 1 is 0.931 bits per heavy atom. The Hall–Kier alpha value is 1.09. The van der Waals surface area contributed by atoms with Crippen LogP contribution in [0.1, 0.15) is 57.8 Å². The molecule has 3 saturated carbocycles. The predicted octanol–water partition coefficient (Wildman–Crippen LogP) is -4.56. The van der Waals surface area contributed by atoms with E-state index in [4.69, 9.17) is 12.6 Å². The predicted molar refractivity (Wildman–Crippen MR) is 94.5 cm³/mol. The Morgan fingerprint density at radius 2 is 1.52 bits per heavy atom. The van der Waals surface area contributed by atoms with Crippen molar-refractivity contribution in [3.63, 3.8) is 0 Å². The fraction of sp³-hybridized carbons (Fsp3) is 0.938. The molecule has 0 saturated heterocycles. The molecule has 3 aliphatic carbocycles. The van der Waals surface area contributed by atoms with Gasteiger partial charge in [-0.25, -0.2) is 8.42 Å². The molecule has 0 radical (unpaired) electrons. The number of hydrogen-bond acceptors (Lipinski definition) is 9. The molecule has 5 unspecified atom stereocenters. The van der Waals surface area contributed by atoms with Crippen molar-refractivity contribution in [2.75, 3.05) is 0 Å². The van der Waals surface area contributed by atoms with E-state index in [9.17, 15) is 18.1 Å². The standard InChI is InChI=1S/C16H27N2O4S.2Na.O3S/c19-15-9-6-11-10-13(23(20,21)22)7-8-14(11)16(15)18-17-12-4-2-1-3-5-12;;;1-4(2)3/h1,11-16,19H,2-10H2,(H,20,21,22);;;/q-1;2*+1;/p-1. The van der Waals surface area contributed by atoms with E-state index in [-0.39, 0.29) is 83.0 Å². The third kappa shape index (κ3) is 10.0. The number of hydrogen-bond donors (Lipinski definition) is 1. The van der Waals surface area contributed by atoms with Gasteiger partial charge in [-0.15, -0.1) is 12.6 Å². The molecule has 13 heteroatoms. The van der Waals surface area contributed by atoms with Gasteiger partial charge >= 0.3 is 69.7 Å². The third-order valence-electron chi connectivity index (χ3n) is 5.84. The number of fused-ring (bicyclic) bond motifs is 1. The van der Waals surface area contributed by atoms with Gasteiger partial charge in [0.05, 0.1) is 28.3 Å². The summed E-state index contributed by atoms with van der Waals surface area (Å²) in [6, 6.07) is 0.0286. The number of aliphatic hydroxyl groups is 1. The van der Waals surface area contributed by atoms with Crippen molar-refractivity contribution in [3.8, 4) is 0 Å². The van der Waals surface area contributed by atoms with Crippen molar-refractivity contribution in [2.24, 2.45) is 22.1 Å². The zero-order valence-electron chi connectivity index (χ0n) is 17.0. The van der Waals surface area contributed by atoms with Crippen molar-refractivity contribution in [1.29, 1.82) is 0 Å². The van der Waals surface area contributed by atoms with Gasteiger partial charge in [0.1, 0.15) is 0 Å². The van der Waals surface area contributed by atoms with Gasteiger partial charge in [0.15, 0.2) is 0 Å². The minimum absolute atomic E-state index is 0. The van der Waals surface area contributed by atoms with E-state index in [1.165, 1.54) is 0 Å². The molecule has 0 aromatic heterocycles. The van der Waals surface area contributed by atoms with Gasteiger partial charge in [-0.2, -0.15) is 23.1 Å². The van der Waals surface area contributed by atoms with E-state index in [0.29, 0.717) is 25.7 Å². The first kappa shape index (κ1) is 30.1. The number of nitrogens with zero attached hydrogens (tertiary/aromatic N) is 2. The van der Waals surface area contributed by atoms with Crippen LogP contribution in [0.4, 0.5) is 0 Å². The monoisotopic (exact) mass is 468 g/mol. The van der Waals surface area contributed by atoms with Crippen molar-refractivity contribution >= 4 is 20.7 Å². The second kappa shape index (κ2) is 14.3. The molecule has 5 atom stereocenters. The smallest absolute Gasteiger partial charge is 0.748 e. The van der Waals surface area contributed by atoms with Crippen molar-refractivity contribution in [1.82, 2.24) is 0 Å². The second-order valence-corrected chi connectivity index (χ2v) is 9.58. The summed E-state index contributed by atoms with van der Waals surface area (Å²) in [6.07, 6.45) is 8.86. The fourth-order valence-corrected chi connectivity index (χ4v) is 5.40. The van der Waals surface area contributed by atoms with Crippen molar-refractivity contribution in [2.45, 2.75) is 81.2 Å². The van der Waals surface area contributed by atoms with Gasteiger partial charge in [0, 0.05) is 5.25 Å². The quantitative estimate of drug-likeness (QED) is 0.189. The van der Waals surface area contributed by atoms with E-state index in [2.05, 4.69) is 16.6 Å². The van der Waals surface area contributed by atoms with E-state index >= 15 is 0 Å². The molecule has 3 aliphatic rings. The molecule has 0 amide bonds. The second-order valence-electron chi connectivity index (χ2n) is 7.52. The first-order chi connectivity index (χ1) is 12.7. The van der Waals surface area contributed by atoms with Crippen LogP contribution < -0.4 is 59.1 Å². The molecule has 0 spiro atoms. The average molecular weight is 469 g/mol. The first-order valence-electron chi connectivity index (χ1n) is 9.29. The molecular weight excluding hydrogens is 442 g/mol. The van der Waals surface area contributed by atoms with Crippen LogP contribution in [0.15, 0.2) is 10.2 Å². The molecule has 0 aromatic rings. The Balaban J connectivity index is 0.00000120. The Morgan fingerprint density at radius 3 is 2.07 bits per heavy atom. The number of rotatable bonds is 3. The summed E-state index contributed by atoms with van der Waals surface area (Å²) in [4.78, 5) is 0. The van der Waals surface area contributed by atoms with Crippen LogP contribution in [0, 0.1) is 18.3 Å². The molecular formula is C16H26N2Na2O7S2. The van der Waals surface area contributed by atoms with E-state index in [1.54, 1.807) is 0 Å². The molecule has 0 aromatic carbocycles. The zero-order chi connectivity index (χ0) is 20.0. The van der Waals surface area contributed by atoms with Crippen LogP contribution in [-0.2, 0) is 20.7 Å². The van der Waals surface area contributed by atoms with E-state index < -0.39 is 32.1 Å². The maximum absolute atomic E-state index is 11.3. The van der Waals surface area contributed by atoms with Crippen LogP contribution in [0.5, 0.6) is 0 Å². The van der Waals surface area contributed by atoms with Crippen LogP contribution >= 0.6 is 0 Å². The minimum atomic E-state index is -4.21. The molecule has 3 rings (SSSR count). The van der Waals surface area contributed by atoms with Crippen molar-refractivity contribution in [3.05, 3.63) is 6.42 Å². The van der Waals surface area contributed by atoms with Gasteiger partial charge < -0.3 is 16.1 Å². The first-order valence-corrected chi connectivity index (χ1v) is 11.8. The van der Waals surface area contributed by atoms with Gasteiger partial charge in [-0.1, -0.05) is 12.8 Å². The van der Waals surface area contributed by atoms with Gasteiger partial charge in [-0.3, -0.25) is 0 Å². The summed E-state index contributed by atoms with van der Waals surface area (Å²) in [7, 11) is -7.32. The average Bonchev–Trinajstić information content (AvgIpc) is 2.60. The SMILES string of the molecule is O=S(=O)([O-])C1CCC2C(CCC(O)C2N=NC2CC[CH-]CC2)C1.O=S(=O)=O.[Na+].[Na+]. The Bertz CT molecular complexity index is 721. The summed E-state index contributed by atoms with van der Waals surface area (Å²) in [5.74, 6) is 0.333. The molecule has 156 valence electrons. The molecule has 0 bridgehead atoms. The Kier molecular flexibility index (Phi) is 14.8. The topological polar surface area (TPSA) is 153 Å². The van der Waals surface area contributed by atoms with Gasteiger partial charge in [0.25, 0.3) is 0 Å². The zero-order valence-corrected chi connectivity index (χ0v) is 22.6. The number of azo groups is 1. The fourth-order valence-electron chi connectivity index (χ4n) is 4.49. The molecule has 1 N–H and O–H groups in total. The summed E-state index contributed by atoms with van der Waals surface area (Å²) in [6.45, 7) is 0. The molecule has 0 aliphatic heterocycles. The third-order valence-corrected chi connectivity index (χ3v) is 7.08. The summed E-state index contributed by atoms with van der Waals surface area (Å²) < 4.78 is 59.2. The van der Waals surface area contributed by atoms with Gasteiger partial charge in [0.2, 0.25) is 0 Å². The molecule has 29 heavy (non-hydrogen) atoms. The molecule has 0 heterocycles. The van der Waals surface area contributed by atoms with E-state index in [1.807, 2.05) is 0 Å². The maximum atomic E-state index is 11.3. The largest absolute Gasteiger partial charge is 1.00 e.